The standard InChI is InChI=1S/C12H13F3O2/c1-3-6-17-10-5-4-9(7-8(10)2)11(16)12(13,14)15/h4-5,7H,3,6H2,1-2H3. The van der Waals surface area contributed by atoms with Crippen molar-refractivity contribution in [1.29, 1.82) is 0 Å². The Labute approximate surface area is 97.4 Å². The summed E-state index contributed by atoms with van der Waals surface area (Å²) < 4.78 is 41.9. The third-order valence-corrected chi connectivity index (χ3v) is 2.16. The summed E-state index contributed by atoms with van der Waals surface area (Å²) in [6.45, 7) is 4.03. The molecule has 0 radical (unpaired) electrons. The molecule has 0 spiro atoms. The van der Waals surface area contributed by atoms with Gasteiger partial charge in [-0.05, 0) is 37.1 Å². The van der Waals surface area contributed by atoms with Crippen molar-refractivity contribution < 1.29 is 22.7 Å². The number of Topliss-reactive ketones (excluding diaryl/α,β-unsaturated/α-hetero) is 1. The number of rotatable bonds is 4. The first kappa shape index (κ1) is 13.5. The molecule has 2 nitrogen and oxygen atoms in total. The third-order valence-electron chi connectivity index (χ3n) is 2.16. The molecule has 0 amide bonds. The molecule has 0 unspecified atom stereocenters. The molecule has 1 aromatic rings. The van der Waals surface area contributed by atoms with Gasteiger partial charge in [-0.1, -0.05) is 6.92 Å². The second kappa shape index (κ2) is 5.21. The molecule has 0 saturated heterocycles. The Bertz CT molecular complexity index is 411. The smallest absolute Gasteiger partial charge is 0.454 e. The van der Waals surface area contributed by atoms with E-state index in [1.54, 1.807) is 6.92 Å². The zero-order valence-corrected chi connectivity index (χ0v) is 9.60. The molecule has 1 rings (SSSR count). The molecule has 0 atom stereocenters. The van der Waals surface area contributed by atoms with E-state index in [9.17, 15) is 18.0 Å². The van der Waals surface area contributed by atoms with Crippen LogP contribution in [0.3, 0.4) is 0 Å². The second-order valence-electron chi connectivity index (χ2n) is 3.66. The molecular weight excluding hydrogens is 233 g/mol. The number of ketones is 1. The highest BCUT2D eigenvalue weighted by Crippen LogP contribution is 2.25. The maximum absolute atomic E-state index is 12.2. The maximum Gasteiger partial charge on any atom is 0.454 e. The van der Waals surface area contributed by atoms with E-state index in [1.165, 1.54) is 12.1 Å². The lowest BCUT2D eigenvalue weighted by atomic mass is 10.1. The number of aryl methyl sites for hydroxylation is 1. The fraction of sp³-hybridized carbons (Fsp3) is 0.417. The van der Waals surface area contributed by atoms with E-state index >= 15 is 0 Å². The summed E-state index contributed by atoms with van der Waals surface area (Å²) in [6, 6.07) is 3.72. The fourth-order valence-electron chi connectivity index (χ4n) is 1.33. The van der Waals surface area contributed by atoms with Gasteiger partial charge in [-0.3, -0.25) is 4.79 Å². The van der Waals surface area contributed by atoms with Crippen LogP contribution < -0.4 is 4.74 Å². The van der Waals surface area contributed by atoms with E-state index in [-0.39, 0.29) is 5.56 Å². The molecule has 0 aliphatic carbocycles. The Morgan fingerprint density at radius 2 is 2.00 bits per heavy atom. The zero-order chi connectivity index (χ0) is 13.1. The molecule has 0 fully saturated rings. The first-order valence-corrected chi connectivity index (χ1v) is 5.21. The lowest BCUT2D eigenvalue weighted by Crippen LogP contribution is -2.22. The summed E-state index contributed by atoms with van der Waals surface area (Å²) in [5.41, 5.74) is 0.160. The molecule has 0 saturated carbocycles. The number of hydrogen-bond acceptors (Lipinski definition) is 2. The third kappa shape index (κ3) is 3.47. The number of ether oxygens (including phenoxy) is 1. The van der Waals surface area contributed by atoms with Gasteiger partial charge in [-0.2, -0.15) is 13.2 Å². The first-order chi connectivity index (χ1) is 7.86. The topological polar surface area (TPSA) is 26.3 Å². The average Bonchev–Trinajstić information content (AvgIpc) is 2.25. The number of benzene rings is 1. The van der Waals surface area contributed by atoms with Crippen LogP contribution in [0.1, 0.15) is 29.3 Å². The molecule has 0 aliphatic heterocycles. The van der Waals surface area contributed by atoms with Gasteiger partial charge < -0.3 is 4.74 Å². The van der Waals surface area contributed by atoms with E-state index in [2.05, 4.69) is 0 Å². The first-order valence-electron chi connectivity index (χ1n) is 5.21. The Morgan fingerprint density at radius 3 is 2.47 bits per heavy atom. The second-order valence-corrected chi connectivity index (χ2v) is 3.66. The predicted molar refractivity (Wildman–Crippen MR) is 57.4 cm³/mol. The van der Waals surface area contributed by atoms with Crippen LogP contribution in [0, 0.1) is 6.92 Å². The SMILES string of the molecule is CCCOc1ccc(C(=O)C(F)(F)F)cc1C. The van der Waals surface area contributed by atoms with E-state index in [0.717, 1.165) is 12.5 Å². The van der Waals surface area contributed by atoms with Crippen LogP contribution in [-0.4, -0.2) is 18.6 Å². The van der Waals surface area contributed by atoms with Crippen LogP contribution in [-0.2, 0) is 0 Å². The van der Waals surface area contributed by atoms with Crippen LogP contribution >= 0.6 is 0 Å². The molecule has 0 N–H and O–H groups in total. The van der Waals surface area contributed by atoms with Crippen LogP contribution in [0.2, 0.25) is 0 Å². The van der Waals surface area contributed by atoms with Gasteiger partial charge in [-0.25, -0.2) is 0 Å². The Hall–Kier alpha value is -1.52. The number of alkyl halides is 3. The summed E-state index contributed by atoms with van der Waals surface area (Å²) in [4.78, 5) is 11.0. The van der Waals surface area contributed by atoms with Gasteiger partial charge in [0.15, 0.2) is 0 Å². The highest BCUT2D eigenvalue weighted by atomic mass is 19.4. The minimum absolute atomic E-state index is 0.362. The number of carbonyl (C=O) groups excluding carboxylic acids is 1. The van der Waals surface area contributed by atoms with Crippen LogP contribution in [0.25, 0.3) is 0 Å². The minimum atomic E-state index is -4.84. The largest absolute Gasteiger partial charge is 0.493 e. The Balaban J connectivity index is 2.93. The van der Waals surface area contributed by atoms with Crippen molar-refractivity contribution in [2.45, 2.75) is 26.4 Å². The fourth-order valence-corrected chi connectivity index (χ4v) is 1.33. The van der Waals surface area contributed by atoms with Crippen molar-refractivity contribution in [1.82, 2.24) is 0 Å². The number of carbonyl (C=O) groups is 1. The van der Waals surface area contributed by atoms with Crippen LogP contribution in [0.4, 0.5) is 13.2 Å². The van der Waals surface area contributed by atoms with E-state index in [1.807, 2.05) is 6.92 Å². The minimum Gasteiger partial charge on any atom is -0.493 e. The van der Waals surface area contributed by atoms with Crippen molar-refractivity contribution in [2.24, 2.45) is 0 Å². The van der Waals surface area contributed by atoms with Gasteiger partial charge in [-0.15, -0.1) is 0 Å². The summed E-state index contributed by atoms with van der Waals surface area (Å²) in [6.07, 6.45) is -4.03. The van der Waals surface area contributed by atoms with Crippen molar-refractivity contribution >= 4 is 5.78 Å². The van der Waals surface area contributed by atoms with Gasteiger partial charge in [0.2, 0.25) is 0 Å². The molecule has 5 heteroatoms. The summed E-state index contributed by atoms with van der Waals surface area (Å²) in [5.74, 6) is -1.33. The number of halogens is 3. The molecule has 0 aromatic heterocycles. The molecule has 0 heterocycles. The van der Waals surface area contributed by atoms with Gasteiger partial charge in [0, 0.05) is 5.56 Å². The highest BCUT2D eigenvalue weighted by molar-refractivity contribution is 6.00. The lowest BCUT2D eigenvalue weighted by molar-refractivity contribution is -0.0885. The Morgan fingerprint density at radius 1 is 1.35 bits per heavy atom. The van der Waals surface area contributed by atoms with E-state index in [4.69, 9.17) is 4.74 Å². The van der Waals surface area contributed by atoms with Gasteiger partial charge in [0.1, 0.15) is 5.75 Å². The number of hydrogen-bond donors (Lipinski definition) is 0. The highest BCUT2D eigenvalue weighted by Gasteiger charge is 2.39. The normalized spacial score (nSPS) is 11.4. The summed E-state index contributed by atoms with van der Waals surface area (Å²) in [7, 11) is 0. The maximum atomic E-state index is 12.2. The quantitative estimate of drug-likeness (QED) is 0.760. The van der Waals surface area contributed by atoms with Crippen molar-refractivity contribution in [3.8, 4) is 5.75 Å². The Kier molecular flexibility index (Phi) is 4.15. The van der Waals surface area contributed by atoms with Crippen LogP contribution in [0.5, 0.6) is 5.75 Å². The van der Waals surface area contributed by atoms with Crippen LogP contribution in [0.15, 0.2) is 18.2 Å². The summed E-state index contributed by atoms with van der Waals surface area (Å²) in [5, 5.41) is 0. The van der Waals surface area contributed by atoms with Gasteiger partial charge in [0.05, 0.1) is 6.61 Å². The predicted octanol–water partition coefficient (Wildman–Crippen LogP) is 3.53. The zero-order valence-electron chi connectivity index (χ0n) is 9.60. The molecular formula is C12H13F3O2. The van der Waals surface area contributed by atoms with Crippen molar-refractivity contribution in [3.05, 3.63) is 29.3 Å². The van der Waals surface area contributed by atoms with E-state index < -0.39 is 12.0 Å². The lowest BCUT2D eigenvalue weighted by Gasteiger charge is -2.10. The monoisotopic (exact) mass is 246 g/mol. The summed E-state index contributed by atoms with van der Waals surface area (Å²) >= 11 is 0. The molecule has 94 valence electrons. The molecule has 1 aromatic carbocycles. The molecule has 0 bridgehead atoms. The van der Waals surface area contributed by atoms with Gasteiger partial charge >= 0.3 is 6.18 Å². The van der Waals surface area contributed by atoms with Crippen molar-refractivity contribution in [2.75, 3.05) is 6.61 Å². The average molecular weight is 246 g/mol. The van der Waals surface area contributed by atoms with Gasteiger partial charge in [0.25, 0.3) is 5.78 Å². The molecule has 0 aliphatic rings. The molecule has 17 heavy (non-hydrogen) atoms. The van der Waals surface area contributed by atoms with E-state index in [0.29, 0.717) is 17.9 Å². The van der Waals surface area contributed by atoms with Crippen molar-refractivity contribution in [3.63, 3.8) is 0 Å².